The third-order valence-electron chi connectivity index (χ3n) is 4.81. The zero-order chi connectivity index (χ0) is 13.2. The highest BCUT2D eigenvalue weighted by atomic mass is 32.1. The van der Waals surface area contributed by atoms with Crippen LogP contribution in [0.15, 0.2) is 0 Å². The molecular weight excluding hydrogens is 252 g/mol. The molecule has 1 N–H and O–H groups in total. The molecule has 0 bridgehead atoms. The summed E-state index contributed by atoms with van der Waals surface area (Å²) in [4.78, 5) is 6.33. The number of nitrogens with one attached hydrogen (secondary N) is 1. The Labute approximate surface area is 121 Å². The van der Waals surface area contributed by atoms with Crippen molar-refractivity contribution in [2.24, 2.45) is 5.92 Å². The highest BCUT2D eigenvalue weighted by molar-refractivity contribution is 7.11. The Morgan fingerprint density at radius 2 is 1.89 bits per heavy atom. The minimum atomic E-state index is 0.751. The van der Waals surface area contributed by atoms with Gasteiger partial charge in [-0.05, 0) is 51.4 Å². The van der Waals surface area contributed by atoms with Crippen LogP contribution < -0.4 is 5.32 Å². The third-order valence-corrected chi connectivity index (χ3v) is 6.13. The second-order valence-electron chi connectivity index (χ2n) is 6.34. The van der Waals surface area contributed by atoms with Gasteiger partial charge in [0.1, 0.15) is 0 Å². The molecule has 3 heteroatoms. The first kappa shape index (κ1) is 13.6. The van der Waals surface area contributed by atoms with E-state index in [2.05, 4.69) is 19.2 Å². The second-order valence-corrected chi connectivity index (χ2v) is 7.46. The van der Waals surface area contributed by atoms with Crippen molar-refractivity contribution < 1.29 is 0 Å². The molecule has 2 nitrogen and oxygen atoms in total. The van der Waals surface area contributed by atoms with Crippen molar-refractivity contribution in [2.45, 2.75) is 77.3 Å². The van der Waals surface area contributed by atoms with Crippen molar-refractivity contribution >= 4 is 11.3 Å². The monoisotopic (exact) mass is 278 g/mol. The first-order valence-electron chi connectivity index (χ1n) is 7.95. The van der Waals surface area contributed by atoms with E-state index >= 15 is 0 Å². The van der Waals surface area contributed by atoms with Gasteiger partial charge in [0.15, 0.2) is 0 Å². The van der Waals surface area contributed by atoms with Crippen LogP contribution in [0, 0.1) is 12.8 Å². The molecule has 1 aromatic heterocycles. The molecule has 2 fully saturated rings. The lowest BCUT2D eigenvalue weighted by atomic mass is 9.81. The standard InChI is InChI=1S/C16H26N2S/c1-3-12-4-6-13(7-5-12)16-18-11(2)15(19-16)10-17-14-8-9-14/h12-14,17H,3-10H2,1-2H3. The topological polar surface area (TPSA) is 24.9 Å². The van der Waals surface area contributed by atoms with Gasteiger partial charge < -0.3 is 5.32 Å². The van der Waals surface area contributed by atoms with Crippen LogP contribution >= 0.6 is 11.3 Å². The van der Waals surface area contributed by atoms with Crippen LogP contribution in [0.4, 0.5) is 0 Å². The molecule has 3 rings (SSSR count). The van der Waals surface area contributed by atoms with Gasteiger partial charge in [-0.3, -0.25) is 0 Å². The van der Waals surface area contributed by atoms with Gasteiger partial charge in [0.25, 0.3) is 0 Å². The smallest absolute Gasteiger partial charge is 0.0962 e. The van der Waals surface area contributed by atoms with Crippen molar-refractivity contribution in [3.8, 4) is 0 Å². The van der Waals surface area contributed by atoms with Crippen LogP contribution in [0.2, 0.25) is 0 Å². The van der Waals surface area contributed by atoms with Crippen LogP contribution in [-0.2, 0) is 6.54 Å². The molecule has 19 heavy (non-hydrogen) atoms. The van der Waals surface area contributed by atoms with Crippen LogP contribution in [0.5, 0.6) is 0 Å². The fraction of sp³-hybridized carbons (Fsp3) is 0.812. The summed E-state index contributed by atoms with van der Waals surface area (Å²) in [5.74, 6) is 1.73. The average molecular weight is 278 g/mol. The van der Waals surface area contributed by atoms with Crippen LogP contribution in [0.25, 0.3) is 0 Å². The molecule has 0 spiro atoms. The summed E-state index contributed by atoms with van der Waals surface area (Å²) in [7, 11) is 0. The van der Waals surface area contributed by atoms with E-state index < -0.39 is 0 Å². The van der Waals surface area contributed by atoms with E-state index in [0.29, 0.717) is 0 Å². The molecule has 1 aromatic rings. The largest absolute Gasteiger partial charge is 0.309 e. The van der Waals surface area contributed by atoms with Gasteiger partial charge in [0, 0.05) is 23.4 Å². The van der Waals surface area contributed by atoms with E-state index in [0.717, 1.165) is 24.4 Å². The molecule has 0 radical (unpaired) electrons. The quantitative estimate of drug-likeness (QED) is 0.864. The van der Waals surface area contributed by atoms with Gasteiger partial charge in [0.2, 0.25) is 0 Å². The Morgan fingerprint density at radius 1 is 1.16 bits per heavy atom. The van der Waals surface area contributed by atoms with E-state index in [1.54, 1.807) is 0 Å². The Hall–Kier alpha value is -0.410. The van der Waals surface area contributed by atoms with E-state index in [1.807, 2.05) is 11.3 Å². The highest BCUT2D eigenvalue weighted by Crippen LogP contribution is 2.39. The molecule has 2 saturated carbocycles. The van der Waals surface area contributed by atoms with Crippen molar-refractivity contribution in [2.75, 3.05) is 0 Å². The van der Waals surface area contributed by atoms with Gasteiger partial charge in [-0.25, -0.2) is 4.98 Å². The number of thiazole rings is 1. The minimum absolute atomic E-state index is 0.751. The molecule has 0 saturated heterocycles. The Balaban J connectivity index is 1.59. The maximum Gasteiger partial charge on any atom is 0.0962 e. The third kappa shape index (κ3) is 3.38. The molecule has 2 aliphatic carbocycles. The number of aryl methyl sites for hydroxylation is 1. The normalized spacial score (nSPS) is 27.7. The summed E-state index contributed by atoms with van der Waals surface area (Å²) in [6.45, 7) is 5.56. The highest BCUT2D eigenvalue weighted by Gasteiger charge is 2.25. The molecule has 0 unspecified atom stereocenters. The summed E-state index contributed by atoms with van der Waals surface area (Å²) in [5, 5.41) is 5.03. The van der Waals surface area contributed by atoms with Crippen LogP contribution in [-0.4, -0.2) is 11.0 Å². The SMILES string of the molecule is CCC1CCC(c2nc(C)c(CNC3CC3)s2)CC1. The Morgan fingerprint density at radius 3 is 2.53 bits per heavy atom. The minimum Gasteiger partial charge on any atom is -0.309 e. The number of aromatic nitrogens is 1. The fourth-order valence-corrected chi connectivity index (χ4v) is 4.32. The van der Waals surface area contributed by atoms with E-state index in [-0.39, 0.29) is 0 Å². The molecule has 0 aliphatic heterocycles. The zero-order valence-electron chi connectivity index (χ0n) is 12.2. The van der Waals surface area contributed by atoms with Gasteiger partial charge in [0.05, 0.1) is 10.7 Å². The summed E-state index contributed by atoms with van der Waals surface area (Å²) in [5.41, 5.74) is 1.27. The number of rotatable bonds is 5. The lowest BCUT2D eigenvalue weighted by molar-refractivity contribution is 0.318. The van der Waals surface area contributed by atoms with Crippen molar-refractivity contribution in [1.82, 2.24) is 10.3 Å². The second kappa shape index (κ2) is 5.92. The van der Waals surface area contributed by atoms with Crippen LogP contribution in [0.3, 0.4) is 0 Å². The number of hydrogen-bond donors (Lipinski definition) is 1. The zero-order valence-corrected chi connectivity index (χ0v) is 13.1. The molecule has 0 aromatic carbocycles. The molecule has 106 valence electrons. The van der Waals surface area contributed by atoms with E-state index in [4.69, 9.17) is 4.98 Å². The maximum atomic E-state index is 4.86. The summed E-state index contributed by atoms with van der Waals surface area (Å²) < 4.78 is 0. The van der Waals surface area contributed by atoms with Gasteiger partial charge in [-0.1, -0.05) is 13.3 Å². The van der Waals surface area contributed by atoms with Gasteiger partial charge in [-0.15, -0.1) is 11.3 Å². The van der Waals surface area contributed by atoms with E-state index in [9.17, 15) is 0 Å². The lowest BCUT2D eigenvalue weighted by Crippen LogP contribution is -2.14. The lowest BCUT2D eigenvalue weighted by Gasteiger charge is -2.26. The molecule has 0 atom stereocenters. The first-order chi connectivity index (χ1) is 9.26. The maximum absolute atomic E-state index is 4.86. The Kier molecular flexibility index (Phi) is 4.23. The van der Waals surface area contributed by atoms with Crippen molar-refractivity contribution in [3.05, 3.63) is 15.6 Å². The predicted octanol–water partition coefficient (Wildman–Crippen LogP) is 4.39. The van der Waals surface area contributed by atoms with Gasteiger partial charge >= 0.3 is 0 Å². The summed E-state index contributed by atoms with van der Waals surface area (Å²) in [6, 6.07) is 0.796. The number of nitrogens with zero attached hydrogens (tertiary/aromatic N) is 1. The Bertz CT molecular complexity index is 414. The van der Waals surface area contributed by atoms with E-state index in [1.165, 1.54) is 60.5 Å². The number of hydrogen-bond acceptors (Lipinski definition) is 3. The predicted molar refractivity (Wildman–Crippen MR) is 81.7 cm³/mol. The fourth-order valence-electron chi connectivity index (χ4n) is 3.13. The van der Waals surface area contributed by atoms with Crippen molar-refractivity contribution in [3.63, 3.8) is 0 Å². The molecular formula is C16H26N2S. The van der Waals surface area contributed by atoms with Gasteiger partial charge in [-0.2, -0.15) is 0 Å². The van der Waals surface area contributed by atoms with Crippen molar-refractivity contribution in [1.29, 1.82) is 0 Å². The summed E-state index contributed by atoms with van der Waals surface area (Å²) in [6.07, 6.45) is 9.64. The first-order valence-corrected chi connectivity index (χ1v) is 8.77. The molecule has 1 heterocycles. The molecule has 2 aliphatic rings. The average Bonchev–Trinajstić information content (AvgIpc) is 3.20. The van der Waals surface area contributed by atoms with Crippen LogP contribution in [0.1, 0.15) is 73.4 Å². The molecule has 0 amide bonds. The summed E-state index contributed by atoms with van der Waals surface area (Å²) >= 11 is 1.97.